The van der Waals surface area contributed by atoms with Crippen LogP contribution in [0.25, 0.3) is 0 Å². The lowest BCUT2D eigenvalue weighted by Gasteiger charge is -2.41. The van der Waals surface area contributed by atoms with E-state index in [0.29, 0.717) is 43.2 Å². The van der Waals surface area contributed by atoms with Gasteiger partial charge < -0.3 is 25.1 Å². The van der Waals surface area contributed by atoms with Crippen LogP contribution in [0.4, 0.5) is 5.69 Å². The van der Waals surface area contributed by atoms with Crippen LogP contribution in [0.2, 0.25) is 0 Å². The number of carbonyl (C=O) groups excluding carboxylic acids is 3. The van der Waals surface area contributed by atoms with Crippen LogP contribution >= 0.6 is 0 Å². The Kier molecular flexibility index (Phi) is 7.81. The third kappa shape index (κ3) is 5.78. The lowest BCUT2D eigenvalue weighted by Crippen LogP contribution is -2.54. The lowest BCUT2D eigenvalue weighted by molar-refractivity contribution is -0.208. The van der Waals surface area contributed by atoms with E-state index in [0.717, 1.165) is 12.8 Å². The summed E-state index contributed by atoms with van der Waals surface area (Å²) in [6.07, 6.45) is 1.62. The molecule has 1 saturated heterocycles. The van der Waals surface area contributed by atoms with Crippen molar-refractivity contribution in [3.05, 3.63) is 23.8 Å². The molecule has 2 aliphatic heterocycles. The zero-order valence-corrected chi connectivity index (χ0v) is 22.1. The molecule has 9 heteroatoms. The topological polar surface area (TPSA) is 105 Å². The van der Waals surface area contributed by atoms with Crippen molar-refractivity contribution in [2.24, 2.45) is 11.1 Å². The number of piperidine rings is 1. The van der Waals surface area contributed by atoms with E-state index in [1.165, 1.54) is 0 Å². The summed E-state index contributed by atoms with van der Waals surface area (Å²) >= 11 is 0. The van der Waals surface area contributed by atoms with E-state index in [4.69, 9.17) is 15.3 Å². The average Bonchev–Trinajstić information content (AvgIpc) is 2.76. The molecular weight excluding hydrogens is 448 g/mol. The molecule has 2 amide bonds. The van der Waals surface area contributed by atoms with Gasteiger partial charge in [0.05, 0.1) is 17.6 Å². The first-order valence-electron chi connectivity index (χ1n) is 12.4. The first kappa shape index (κ1) is 26.9. The summed E-state index contributed by atoms with van der Waals surface area (Å²) in [5.41, 5.74) is 5.19. The van der Waals surface area contributed by atoms with Gasteiger partial charge in [-0.25, -0.2) is 4.79 Å². The fraction of sp³-hybridized carbons (Fsp3) is 0.654. The molecule has 1 fully saturated rings. The molecule has 1 atom stereocenters. The molecule has 0 saturated carbocycles. The van der Waals surface area contributed by atoms with Crippen LogP contribution in [0.15, 0.2) is 18.2 Å². The third-order valence-electron chi connectivity index (χ3n) is 6.34. The third-order valence-corrected chi connectivity index (χ3v) is 6.34. The molecule has 0 spiro atoms. The number of anilines is 1. The van der Waals surface area contributed by atoms with E-state index in [9.17, 15) is 14.4 Å². The number of nitrogens with zero attached hydrogens (tertiary/aromatic N) is 3. The Hall–Kier alpha value is -2.65. The molecule has 1 aromatic rings. The number of rotatable bonds is 6. The van der Waals surface area contributed by atoms with E-state index in [-0.39, 0.29) is 29.9 Å². The summed E-state index contributed by atoms with van der Waals surface area (Å²) in [6, 6.07) is 5.02. The van der Waals surface area contributed by atoms with Gasteiger partial charge in [-0.1, -0.05) is 0 Å². The Labute approximate surface area is 208 Å². The van der Waals surface area contributed by atoms with Gasteiger partial charge >= 0.3 is 5.97 Å². The molecule has 2 heterocycles. The van der Waals surface area contributed by atoms with Crippen molar-refractivity contribution in [1.29, 1.82) is 0 Å². The number of nitrogens with two attached hydrogens (primary N) is 1. The molecule has 0 aliphatic carbocycles. The maximum Gasteiger partial charge on any atom is 0.330 e. The Bertz CT molecular complexity index is 969. The number of carbonyl (C=O) groups is 3. The van der Waals surface area contributed by atoms with Crippen LogP contribution < -0.4 is 15.4 Å². The Morgan fingerprint density at radius 2 is 1.97 bits per heavy atom. The maximum absolute atomic E-state index is 13.8. The molecule has 35 heavy (non-hydrogen) atoms. The highest BCUT2D eigenvalue weighted by Crippen LogP contribution is 2.38. The fourth-order valence-electron chi connectivity index (χ4n) is 4.51. The van der Waals surface area contributed by atoms with Crippen LogP contribution in [0.3, 0.4) is 0 Å². The van der Waals surface area contributed by atoms with Gasteiger partial charge in [0.15, 0.2) is 5.60 Å². The maximum atomic E-state index is 13.8. The van der Waals surface area contributed by atoms with Crippen molar-refractivity contribution >= 4 is 23.5 Å². The van der Waals surface area contributed by atoms with Crippen molar-refractivity contribution in [2.75, 3.05) is 31.1 Å². The second-order valence-corrected chi connectivity index (χ2v) is 11.2. The first-order chi connectivity index (χ1) is 16.3. The summed E-state index contributed by atoms with van der Waals surface area (Å²) in [5, 5.41) is 1.68. The van der Waals surface area contributed by atoms with Crippen molar-refractivity contribution in [2.45, 2.75) is 79.0 Å². The van der Waals surface area contributed by atoms with Crippen LogP contribution in [0.5, 0.6) is 5.75 Å². The summed E-state index contributed by atoms with van der Waals surface area (Å²) in [6.45, 7) is 14.6. The monoisotopic (exact) mass is 488 g/mol. The highest BCUT2D eigenvalue weighted by molar-refractivity contribution is 6.04. The predicted octanol–water partition coefficient (Wildman–Crippen LogP) is 2.97. The van der Waals surface area contributed by atoms with Gasteiger partial charge in [0, 0.05) is 37.3 Å². The van der Waals surface area contributed by atoms with E-state index >= 15 is 0 Å². The molecule has 2 N–H and O–H groups in total. The van der Waals surface area contributed by atoms with Crippen LogP contribution in [0.1, 0.15) is 71.7 Å². The molecule has 1 aromatic carbocycles. The average molecular weight is 489 g/mol. The molecule has 1 unspecified atom stereocenters. The predicted molar refractivity (Wildman–Crippen MR) is 134 cm³/mol. The van der Waals surface area contributed by atoms with E-state index in [2.05, 4.69) is 0 Å². The normalized spacial score (nSPS) is 20.3. The standard InChI is InChI=1S/C26H40N4O5/c1-17(2)30(19-9-8-13-28(16-19)35-24(33)25(3,4)5)22(31)18-10-11-21-20(15-18)29(14-12-27)23(32)26(6,7)34-21/h10-11,15,17,19H,8-9,12-14,16,27H2,1-7H3. The van der Waals surface area contributed by atoms with Gasteiger partial charge in [-0.05, 0) is 79.5 Å². The van der Waals surface area contributed by atoms with Crippen molar-refractivity contribution < 1.29 is 24.0 Å². The van der Waals surface area contributed by atoms with E-state index in [1.54, 1.807) is 42.0 Å². The Morgan fingerprint density at radius 1 is 1.29 bits per heavy atom. The number of hydrogen-bond acceptors (Lipinski definition) is 7. The fourth-order valence-corrected chi connectivity index (χ4v) is 4.51. The highest BCUT2D eigenvalue weighted by Gasteiger charge is 2.41. The zero-order valence-electron chi connectivity index (χ0n) is 22.1. The molecule has 0 aromatic heterocycles. The van der Waals surface area contributed by atoms with Crippen LogP contribution in [-0.2, 0) is 14.4 Å². The van der Waals surface area contributed by atoms with Crippen LogP contribution in [-0.4, -0.2) is 71.6 Å². The van der Waals surface area contributed by atoms with Gasteiger partial charge in [0.2, 0.25) is 0 Å². The molecule has 0 bridgehead atoms. The van der Waals surface area contributed by atoms with E-state index in [1.807, 2.05) is 39.5 Å². The number of hydrogen-bond donors (Lipinski definition) is 1. The lowest BCUT2D eigenvalue weighted by atomic mass is 9.97. The number of hydroxylamine groups is 2. The summed E-state index contributed by atoms with van der Waals surface area (Å²) in [5.74, 6) is -0.0670. The molecule has 194 valence electrons. The Morgan fingerprint density at radius 3 is 2.57 bits per heavy atom. The minimum Gasteiger partial charge on any atom is -0.476 e. The minimum atomic E-state index is -1.01. The zero-order chi connectivity index (χ0) is 26.1. The number of benzene rings is 1. The highest BCUT2D eigenvalue weighted by atomic mass is 16.7. The van der Waals surface area contributed by atoms with Gasteiger partial charge in [0.25, 0.3) is 11.8 Å². The van der Waals surface area contributed by atoms with E-state index < -0.39 is 11.0 Å². The van der Waals surface area contributed by atoms with Gasteiger partial charge in [-0.15, -0.1) is 5.06 Å². The number of fused-ring (bicyclic) bond motifs is 1. The molecule has 0 radical (unpaired) electrons. The number of ether oxygens (including phenoxy) is 1. The minimum absolute atomic E-state index is 0.0706. The summed E-state index contributed by atoms with van der Waals surface area (Å²) < 4.78 is 5.93. The number of amides is 2. The first-order valence-corrected chi connectivity index (χ1v) is 12.4. The van der Waals surface area contributed by atoms with Gasteiger partial charge in [-0.2, -0.15) is 0 Å². The van der Waals surface area contributed by atoms with Crippen molar-refractivity contribution in [1.82, 2.24) is 9.96 Å². The largest absolute Gasteiger partial charge is 0.476 e. The Balaban J connectivity index is 1.86. The van der Waals surface area contributed by atoms with Crippen molar-refractivity contribution in [3.63, 3.8) is 0 Å². The quantitative estimate of drug-likeness (QED) is 0.656. The van der Waals surface area contributed by atoms with Crippen molar-refractivity contribution in [3.8, 4) is 5.75 Å². The van der Waals surface area contributed by atoms with Gasteiger partial charge in [0.1, 0.15) is 5.75 Å². The molecule has 3 rings (SSSR count). The second-order valence-electron chi connectivity index (χ2n) is 11.2. The summed E-state index contributed by atoms with van der Waals surface area (Å²) in [7, 11) is 0. The molecular formula is C26H40N4O5. The SMILES string of the molecule is CC(C)N(C(=O)c1ccc2c(c1)N(CCN)C(=O)C(C)(C)O2)C1CCCN(OC(=O)C(C)(C)C)C1. The summed E-state index contributed by atoms with van der Waals surface area (Å²) in [4.78, 5) is 48.2. The van der Waals surface area contributed by atoms with Gasteiger partial charge in [-0.3, -0.25) is 9.59 Å². The molecule has 2 aliphatic rings. The van der Waals surface area contributed by atoms with Crippen LogP contribution in [0, 0.1) is 5.41 Å². The smallest absolute Gasteiger partial charge is 0.330 e. The molecule has 9 nitrogen and oxygen atoms in total. The second kappa shape index (κ2) is 10.1.